The van der Waals surface area contributed by atoms with Gasteiger partial charge in [-0.1, -0.05) is 0 Å². The Morgan fingerprint density at radius 1 is 1.23 bits per heavy atom. The number of hydrogen-bond donors (Lipinski definition) is 2. The fourth-order valence-corrected chi connectivity index (χ4v) is 3.57. The van der Waals surface area contributed by atoms with Crippen molar-refractivity contribution in [1.29, 1.82) is 0 Å². The molecular weight excluding hydrogens is 349 g/mol. The van der Waals surface area contributed by atoms with Crippen molar-refractivity contribution in [3.05, 3.63) is 47.7 Å². The van der Waals surface area contributed by atoms with Crippen LogP contribution in [0.5, 0.6) is 11.7 Å². The van der Waals surface area contributed by atoms with Crippen molar-refractivity contribution < 1.29 is 27.1 Å². The van der Waals surface area contributed by atoms with Crippen LogP contribution in [0.2, 0.25) is 0 Å². The van der Waals surface area contributed by atoms with Gasteiger partial charge < -0.3 is 19.8 Å². The van der Waals surface area contributed by atoms with Crippen molar-refractivity contribution in [3.8, 4) is 11.7 Å². The van der Waals surface area contributed by atoms with Gasteiger partial charge in [-0.25, -0.2) is 0 Å². The summed E-state index contributed by atoms with van der Waals surface area (Å²) in [5.74, 6) is 0.484. The zero-order valence-electron chi connectivity index (χ0n) is 13.7. The number of benzene rings is 1. The Bertz CT molecular complexity index is 801. The molecule has 1 aliphatic carbocycles. The zero-order valence-corrected chi connectivity index (χ0v) is 13.7. The second-order valence-corrected chi connectivity index (χ2v) is 6.71. The Morgan fingerprint density at radius 3 is 2.58 bits per heavy atom. The molecule has 4 rings (SSSR count). The Labute approximate surface area is 147 Å². The molecule has 1 aromatic heterocycles. The Hall–Kier alpha value is -2.48. The molecule has 1 saturated carbocycles. The van der Waals surface area contributed by atoms with Crippen LogP contribution < -0.4 is 15.4 Å². The minimum Gasteiger partial charge on any atom is -0.433 e. The van der Waals surface area contributed by atoms with Gasteiger partial charge in [-0.3, -0.25) is 4.79 Å². The summed E-state index contributed by atoms with van der Waals surface area (Å²) in [5.41, 5.74) is -0.446. The lowest BCUT2D eigenvalue weighted by molar-refractivity contribution is -0.137. The molecular formula is C18H17F3N2O3. The number of hydrogen-bond acceptors (Lipinski definition) is 4. The van der Waals surface area contributed by atoms with Gasteiger partial charge in [0.25, 0.3) is 11.9 Å². The highest BCUT2D eigenvalue weighted by molar-refractivity contribution is 5.94. The number of amides is 1. The normalized spacial score (nSPS) is 24.7. The van der Waals surface area contributed by atoms with Gasteiger partial charge >= 0.3 is 6.18 Å². The maximum atomic E-state index is 12.5. The SMILES string of the molecule is O=C(NC1CC2CNC1C2)c1ccc(Oc2cc(C(F)(F)F)co2)cc1. The maximum absolute atomic E-state index is 12.5. The second-order valence-electron chi connectivity index (χ2n) is 6.71. The topological polar surface area (TPSA) is 63.5 Å². The number of rotatable bonds is 4. The molecule has 0 spiro atoms. The van der Waals surface area contributed by atoms with Crippen LogP contribution in [-0.2, 0) is 6.18 Å². The number of carbonyl (C=O) groups is 1. The highest BCUT2D eigenvalue weighted by atomic mass is 19.4. The van der Waals surface area contributed by atoms with Crippen molar-refractivity contribution in [3.63, 3.8) is 0 Å². The average Bonchev–Trinajstić information content (AvgIpc) is 3.31. The molecule has 8 heteroatoms. The van der Waals surface area contributed by atoms with E-state index in [1.807, 2.05) is 0 Å². The van der Waals surface area contributed by atoms with Crippen LogP contribution in [0, 0.1) is 5.92 Å². The summed E-state index contributed by atoms with van der Waals surface area (Å²) in [6, 6.07) is 7.43. The molecule has 1 aliphatic heterocycles. The van der Waals surface area contributed by atoms with Crippen LogP contribution in [0.25, 0.3) is 0 Å². The molecule has 2 bridgehead atoms. The van der Waals surface area contributed by atoms with Crippen molar-refractivity contribution >= 4 is 5.91 Å². The van der Waals surface area contributed by atoms with Gasteiger partial charge in [0.15, 0.2) is 0 Å². The Balaban J connectivity index is 1.37. The summed E-state index contributed by atoms with van der Waals surface area (Å²) in [6.45, 7) is 1.02. The van der Waals surface area contributed by atoms with Crippen molar-refractivity contribution in [2.24, 2.45) is 5.92 Å². The molecule has 1 aromatic carbocycles. The molecule has 1 saturated heterocycles. The third-order valence-corrected chi connectivity index (χ3v) is 4.88. The van der Waals surface area contributed by atoms with Gasteiger partial charge in [0.2, 0.25) is 0 Å². The summed E-state index contributed by atoms with van der Waals surface area (Å²) in [4.78, 5) is 12.3. The monoisotopic (exact) mass is 366 g/mol. The number of carbonyl (C=O) groups excluding carboxylic acids is 1. The molecule has 3 atom stereocenters. The third-order valence-electron chi connectivity index (χ3n) is 4.88. The lowest BCUT2D eigenvalue weighted by Crippen LogP contribution is -2.47. The molecule has 1 amide bonds. The fraction of sp³-hybridized carbons (Fsp3) is 0.389. The first-order chi connectivity index (χ1) is 12.4. The molecule has 2 aliphatic rings. The smallest absolute Gasteiger partial charge is 0.419 e. The summed E-state index contributed by atoms with van der Waals surface area (Å²) < 4.78 is 47.6. The van der Waals surface area contributed by atoms with E-state index in [0.29, 0.717) is 23.8 Å². The number of alkyl halides is 3. The zero-order chi connectivity index (χ0) is 18.3. The second kappa shape index (κ2) is 6.35. The maximum Gasteiger partial charge on any atom is 0.419 e. The van der Waals surface area contributed by atoms with E-state index >= 15 is 0 Å². The van der Waals surface area contributed by atoms with Crippen LogP contribution in [0.3, 0.4) is 0 Å². The third kappa shape index (κ3) is 3.41. The summed E-state index contributed by atoms with van der Waals surface area (Å²) >= 11 is 0. The molecule has 0 radical (unpaired) electrons. The number of ether oxygens (including phenoxy) is 1. The Morgan fingerprint density at radius 2 is 2.00 bits per heavy atom. The first kappa shape index (κ1) is 17.0. The standard InChI is InChI=1S/C18H17F3N2O3/c19-18(20,21)12-7-16(25-9-12)26-13-3-1-11(2-4-13)17(24)23-15-6-10-5-14(15)22-8-10/h1-4,7,9-10,14-15,22H,5-6,8H2,(H,23,24). The molecule has 2 aromatic rings. The summed E-state index contributed by atoms with van der Waals surface area (Å²) in [6.07, 6.45) is -1.80. The van der Waals surface area contributed by atoms with Gasteiger partial charge in [-0.2, -0.15) is 13.2 Å². The van der Waals surface area contributed by atoms with Crippen molar-refractivity contribution in [2.45, 2.75) is 31.1 Å². The number of piperidine rings is 1. The predicted octanol–water partition coefficient (Wildman–Crippen LogP) is 3.57. The van der Waals surface area contributed by atoms with E-state index < -0.39 is 11.7 Å². The lowest BCUT2D eigenvalue weighted by atomic mass is 10.1. The minimum absolute atomic E-state index is 0.140. The van der Waals surface area contributed by atoms with Crippen LogP contribution in [0.1, 0.15) is 28.8 Å². The van der Waals surface area contributed by atoms with Crippen LogP contribution in [0.15, 0.2) is 41.0 Å². The van der Waals surface area contributed by atoms with Crippen LogP contribution in [-0.4, -0.2) is 24.5 Å². The molecule has 2 heterocycles. The fourth-order valence-electron chi connectivity index (χ4n) is 3.57. The van der Waals surface area contributed by atoms with Crippen molar-refractivity contribution in [2.75, 3.05) is 6.54 Å². The Kier molecular flexibility index (Phi) is 4.14. The summed E-state index contributed by atoms with van der Waals surface area (Å²) in [7, 11) is 0. The van der Waals surface area contributed by atoms with Gasteiger partial charge in [-0.05, 0) is 49.6 Å². The highest BCUT2D eigenvalue weighted by Crippen LogP contribution is 2.34. The summed E-state index contributed by atoms with van der Waals surface area (Å²) in [5, 5.41) is 6.42. The number of nitrogens with one attached hydrogen (secondary N) is 2. The molecule has 138 valence electrons. The largest absolute Gasteiger partial charge is 0.433 e. The average molecular weight is 366 g/mol. The van der Waals surface area contributed by atoms with Crippen LogP contribution in [0.4, 0.5) is 13.2 Å². The van der Waals surface area contributed by atoms with Crippen molar-refractivity contribution in [1.82, 2.24) is 10.6 Å². The van der Waals surface area contributed by atoms with Gasteiger partial charge in [0, 0.05) is 23.7 Å². The quantitative estimate of drug-likeness (QED) is 0.868. The highest BCUT2D eigenvalue weighted by Gasteiger charge is 2.40. The number of halogens is 3. The van der Waals surface area contributed by atoms with Gasteiger partial charge in [-0.15, -0.1) is 0 Å². The minimum atomic E-state index is -4.48. The molecule has 2 N–H and O–H groups in total. The van der Waals surface area contributed by atoms with Gasteiger partial charge in [0.1, 0.15) is 12.0 Å². The van der Waals surface area contributed by atoms with E-state index in [9.17, 15) is 18.0 Å². The van der Waals surface area contributed by atoms with E-state index in [4.69, 9.17) is 9.15 Å². The van der Waals surface area contributed by atoms with E-state index in [0.717, 1.165) is 25.5 Å². The number of fused-ring (bicyclic) bond motifs is 2. The van der Waals surface area contributed by atoms with E-state index in [1.165, 1.54) is 12.1 Å². The molecule has 2 fully saturated rings. The van der Waals surface area contributed by atoms with E-state index in [-0.39, 0.29) is 23.6 Å². The van der Waals surface area contributed by atoms with E-state index in [2.05, 4.69) is 10.6 Å². The molecule has 5 nitrogen and oxygen atoms in total. The molecule has 26 heavy (non-hydrogen) atoms. The predicted molar refractivity (Wildman–Crippen MR) is 86.0 cm³/mol. The lowest BCUT2D eigenvalue weighted by Gasteiger charge is -2.24. The number of furan rings is 1. The first-order valence-corrected chi connectivity index (χ1v) is 8.36. The van der Waals surface area contributed by atoms with Gasteiger partial charge in [0.05, 0.1) is 5.56 Å². The van der Waals surface area contributed by atoms with E-state index in [1.54, 1.807) is 12.1 Å². The molecule has 3 unspecified atom stereocenters. The van der Waals surface area contributed by atoms with Crippen LogP contribution >= 0.6 is 0 Å². The first-order valence-electron chi connectivity index (χ1n) is 8.36.